The lowest BCUT2D eigenvalue weighted by molar-refractivity contribution is 0.0856. The minimum atomic E-state index is -0.751. The van der Waals surface area contributed by atoms with E-state index in [-0.39, 0.29) is 20.2 Å². The van der Waals surface area contributed by atoms with Gasteiger partial charge in [0.05, 0.1) is 0 Å². The minimum absolute atomic E-state index is 0.00818. The molecule has 132 valence electrons. The average molecular weight is 346 g/mol. The first-order chi connectivity index (χ1) is 11.3. The normalized spacial score (nSPS) is 18.8. The molecule has 0 N–H and O–H groups in total. The second-order valence-corrected chi connectivity index (χ2v) is 9.03. The van der Waals surface area contributed by atoms with Crippen molar-refractivity contribution in [3.8, 4) is 0 Å². The highest BCUT2D eigenvalue weighted by atomic mass is 31.1. The lowest BCUT2D eigenvalue weighted by Gasteiger charge is -2.38. The molecule has 0 amide bonds. The van der Waals surface area contributed by atoms with Gasteiger partial charge in [0.2, 0.25) is 0 Å². The van der Waals surface area contributed by atoms with Crippen LogP contribution in [0.3, 0.4) is 0 Å². The van der Waals surface area contributed by atoms with E-state index in [4.69, 9.17) is 0 Å². The Morgan fingerprint density at radius 2 is 1.67 bits per heavy atom. The zero-order chi connectivity index (χ0) is 17.9. The molecule has 0 heterocycles. The fourth-order valence-corrected chi connectivity index (χ4v) is 5.60. The Labute approximate surface area is 148 Å². The first-order valence-electron chi connectivity index (χ1n) is 9.29. The smallest absolute Gasteiger partial charge is 0.181 e. The molecule has 0 aliphatic heterocycles. The molecule has 1 aromatic carbocycles. The third-order valence-corrected chi connectivity index (χ3v) is 6.54. The highest BCUT2D eigenvalue weighted by Gasteiger charge is 2.48. The zero-order valence-electron chi connectivity index (χ0n) is 15.8. The molecule has 2 rings (SSSR count). The predicted molar refractivity (Wildman–Crippen MR) is 101 cm³/mol. The predicted octanol–water partition coefficient (Wildman–Crippen LogP) is 6.45. The quantitative estimate of drug-likeness (QED) is 0.438. The Balaban J connectivity index is 2.53. The number of benzene rings is 1. The Hall–Kier alpha value is -1.01. The van der Waals surface area contributed by atoms with Crippen molar-refractivity contribution in [2.45, 2.75) is 78.3 Å². The number of aryl methyl sites for hydroxylation is 3. The van der Waals surface area contributed by atoms with E-state index in [9.17, 15) is 9.36 Å². The second-order valence-electron chi connectivity index (χ2n) is 8.05. The van der Waals surface area contributed by atoms with E-state index in [1.807, 2.05) is 13.8 Å². The van der Waals surface area contributed by atoms with Crippen LogP contribution >= 0.6 is 8.46 Å². The minimum Gasteiger partial charge on any atom is -0.293 e. The van der Waals surface area contributed by atoms with E-state index in [1.165, 1.54) is 12.0 Å². The van der Waals surface area contributed by atoms with E-state index in [2.05, 4.69) is 32.9 Å². The summed E-state index contributed by atoms with van der Waals surface area (Å²) in [5.41, 5.74) is 4.01. The molecule has 1 aromatic rings. The maximum absolute atomic E-state index is 13.7. The van der Waals surface area contributed by atoms with Crippen LogP contribution < -0.4 is 0 Å². The van der Waals surface area contributed by atoms with E-state index in [0.717, 1.165) is 42.4 Å². The number of carbonyl (C=O) groups excluding carboxylic acids is 1. The molecule has 1 aliphatic rings. The summed E-state index contributed by atoms with van der Waals surface area (Å²) in [6, 6.07) is 4.14. The largest absolute Gasteiger partial charge is 0.293 e. The van der Waals surface area contributed by atoms with Gasteiger partial charge in [-0.05, 0) is 63.0 Å². The summed E-state index contributed by atoms with van der Waals surface area (Å²) < 4.78 is 12.4. The van der Waals surface area contributed by atoms with Crippen molar-refractivity contribution in [3.63, 3.8) is 0 Å². The van der Waals surface area contributed by atoms with E-state index < -0.39 is 5.16 Å². The number of hydrogen-bond donors (Lipinski definition) is 0. The van der Waals surface area contributed by atoms with Gasteiger partial charge in [-0.3, -0.25) is 9.36 Å². The molecule has 0 radical (unpaired) electrons. The summed E-state index contributed by atoms with van der Waals surface area (Å²) in [4.78, 5) is 13.7. The topological polar surface area (TPSA) is 34.1 Å². The molecule has 1 saturated carbocycles. The molecule has 1 unspecified atom stereocenters. The van der Waals surface area contributed by atoms with Crippen molar-refractivity contribution < 1.29 is 9.36 Å². The molecule has 3 heteroatoms. The Bertz CT molecular complexity index is 591. The number of hydrogen-bond acceptors (Lipinski definition) is 2. The van der Waals surface area contributed by atoms with Gasteiger partial charge >= 0.3 is 0 Å². The van der Waals surface area contributed by atoms with Gasteiger partial charge in [0.25, 0.3) is 0 Å². The van der Waals surface area contributed by atoms with Gasteiger partial charge < -0.3 is 0 Å². The lowest BCUT2D eigenvalue weighted by Crippen LogP contribution is -2.43. The van der Waals surface area contributed by atoms with Crippen molar-refractivity contribution in [2.75, 3.05) is 0 Å². The van der Waals surface area contributed by atoms with Crippen LogP contribution in [0.15, 0.2) is 12.1 Å². The summed E-state index contributed by atoms with van der Waals surface area (Å²) in [5.74, 6) is 0.693. The molecule has 0 aromatic heterocycles. The van der Waals surface area contributed by atoms with Crippen LogP contribution in [0.5, 0.6) is 0 Å². The maximum atomic E-state index is 13.7. The van der Waals surface area contributed by atoms with Crippen molar-refractivity contribution >= 4 is 14.2 Å². The van der Waals surface area contributed by atoms with Crippen LogP contribution in [-0.4, -0.2) is 10.9 Å². The van der Waals surface area contributed by atoms with Crippen molar-refractivity contribution in [1.82, 2.24) is 0 Å². The Kier molecular flexibility index (Phi) is 6.37. The molecule has 0 saturated heterocycles. The summed E-state index contributed by atoms with van der Waals surface area (Å²) >= 11 is 0. The van der Waals surface area contributed by atoms with Crippen LogP contribution in [0.25, 0.3) is 0 Å². The standard InChI is InChI=1S/C21H31O2P/c1-14(2)13-21(24-23,18-9-7-6-8-10-18)20(22)19-16(4)11-15(3)12-17(19)5/h11-12,14,18H,6-10,13H2,1-5H3. The first-order valence-corrected chi connectivity index (χ1v) is 10.1. The summed E-state index contributed by atoms with van der Waals surface area (Å²) in [5, 5.41) is -0.751. The average Bonchev–Trinajstić information content (AvgIpc) is 2.52. The molecule has 1 aliphatic carbocycles. The zero-order valence-corrected chi connectivity index (χ0v) is 16.7. The first kappa shape index (κ1) is 19.3. The van der Waals surface area contributed by atoms with E-state index >= 15 is 0 Å². The highest BCUT2D eigenvalue weighted by molar-refractivity contribution is 7.28. The SMILES string of the molecule is Cc1cc(C)c(C(=O)C(CC(C)C)(P=O)C2CCCCC2)c(C)c1. The van der Waals surface area contributed by atoms with Gasteiger partial charge in [-0.25, -0.2) is 0 Å². The number of Topliss-reactive ketones (excluding diaryl/α,β-unsaturated/α-hetero) is 1. The van der Waals surface area contributed by atoms with Gasteiger partial charge in [-0.1, -0.05) is 50.8 Å². The van der Waals surface area contributed by atoms with E-state index in [1.54, 1.807) is 0 Å². The number of ketones is 1. The maximum Gasteiger partial charge on any atom is 0.181 e. The fraction of sp³-hybridized carbons (Fsp3) is 0.667. The molecular formula is C21H31O2P. The Morgan fingerprint density at radius 3 is 2.12 bits per heavy atom. The number of carbonyl (C=O) groups is 1. The summed E-state index contributed by atoms with van der Waals surface area (Å²) in [6.07, 6.45) is 6.29. The fourth-order valence-electron chi connectivity index (χ4n) is 4.56. The monoisotopic (exact) mass is 346 g/mol. The van der Waals surface area contributed by atoms with Gasteiger partial charge in [-0.2, -0.15) is 0 Å². The highest BCUT2D eigenvalue weighted by Crippen LogP contribution is 2.47. The summed E-state index contributed by atoms with van der Waals surface area (Å²) in [7, 11) is 0.00818. The van der Waals surface area contributed by atoms with Crippen LogP contribution in [0.1, 0.15) is 79.4 Å². The van der Waals surface area contributed by atoms with Gasteiger partial charge in [0.1, 0.15) is 5.16 Å². The van der Waals surface area contributed by atoms with Crippen LogP contribution in [0, 0.1) is 32.6 Å². The Morgan fingerprint density at radius 1 is 1.12 bits per heavy atom. The van der Waals surface area contributed by atoms with Crippen LogP contribution in [0.2, 0.25) is 0 Å². The molecule has 0 spiro atoms. The van der Waals surface area contributed by atoms with Gasteiger partial charge in [0.15, 0.2) is 14.2 Å². The van der Waals surface area contributed by atoms with Gasteiger partial charge in [0, 0.05) is 5.56 Å². The molecule has 1 atom stereocenters. The number of rotatable bonds is 6. The third-order valence-electron chi connectivity index (χ3n) is 5.46. The summed E-state index contributed by atoms with van der Waals surface area (Å²) in [6.45, 7) is 10.3. The van der Waals surface area contributed by atoms with Gasteiger partial charge in [-0.15, -0.1) is 0 Å². The molecule has 1 fully saturated rings. The lowest BCUT2D eigenvalue weighted by atomic mass is 9.71. The second kappa shape index (κ2) is 7.91. The van der Waals surface area contributed by atoms with Crippen LogP contribution in [-0.2, 0) is 4.57 Å². The molecular weight excluding hydrogens is 315 g/mol. The van der Waals surface area contributed by atoms with Crippen molar-refractivity contribution in [1.29, 1.82) is 0 Å². The molecule has 2 nitrogen and oxygen atoms in total. The molecule has 0 bridgehead atoms. The van der Waals surface area contributed by atoms with Crippen molar-refractivity contribution in [2.24, 2.45) is 11.8 Å². The van der Waals surface area contributed by atoms with Crippen molar-refractivity contribution in [3.05, 3.63) is 34.4 Å². The van der Waals surface area contributed by atoms with E-state index in [0.29, 0.717) is 12.3 Å². The van der Waals surface area contributed by atoms with Crippen LogP contribution in [0.4, 0.5) is 0 Å². The molecule has 24 heavy (non-hydrogen) atoms. The third kappa shape index (κ3) is 3.80.